The second-order valence-corrected chi connectivity index (χ2v) is 3.38. The number of benzene rings is 1. The molecule has 84 valence electrons. The highest BCUT2D eigenvalue weighted by molar-refractivity contribution is 5.65. The van der Waals surface area contributed by atoms with Crippen LogP contribution >= 0.6 is 0 Å². The van der Waals surface area contributed by atoms with Crippen molar-refractivity contribution in [3.63, 3.8) is 0 Å². The lowest BCUT2D eigenvalue weighted by atomic mass is 10.1. The summed E-state index contributed by atoms with van der Waals surface area (Å²) in [6.45, 7) is 2.00. The molecule has 1 N–H and O–H groups in total. The molecule has 2 aromatic rings. The molecule has 0 amide bonds. The van der Waals surface area contributed by atoms with Crippen molar-refractivity contribution in [1.82, 2.24) is 10.1 Å². The maximum Gasteiger partial charge on any atom is 0.321 e. The summed E-state index contributed by atoms with van der Waals surface area (Å²) >= 11 is 0. The first-order valence-corrected chi connectivity index (χ1v) is 4.91. The summed E-state index contributed by atoms with van der Waals surface area (Å²) in [5.74, 6) is 1.25. The number of aryl methyl sites for hydroxylation is 1. The first-order chi connectivity index (χ1) is 7.74. The molecule has 0 atom stereocenters. The van der Waals surface area contributed by atoms with Gasteiger partial charge >= 0.3 is 6.01 Å². The van der Waals surface area contributed by atoms with Gasteiger partial charge in [-0.2, -0.15) is 4.98 Å². The second-order valence-electron chi connectivity index (χ2n) is 3.38. The van der Waals surface area contributed by atoms with Crippen LogP contribution in [0.5, 0.6) is 5.75 Å². The highest BCUT2D eigenvalue weighted by atomic mass is 16.5. The van der Waals surface area contributed by atoms with E-state index in [1.165, 1.54) is 0 Å². The van der Waals surface area contributed by atoms with Crippen LogP contribution in [-0.2, 0) is 0 Å². The fraction of sp³-hybridized carbons (Fsp3) is 0.273. The van der Waals surface area contributed by atoms with E-state index in [0.717, 1.165) is 16.9 Å². The van der Waals surface area contributed by atoms with Gasteiger partial charge in [0.25, 0.3) is 0 Å². The van der Waals surface area contributed by atoms with E-state index in [1.807, 2.05) is 25.1 Å². The van der Waals surface area contributed by atoms with Crippen LogP contribution in [-0.4, -0.2) is 24.3 Å². The van der Waals surface area contributed by atoms with Gasteiger partial charge in [0, 0.05) is 7.05 Å². The highest BCUT2D eigenvalue weighted by Gasteiger charge is 2.12. The zero-order chi connectivity index (χ0) is 11.5. The summed E-state index contributed by atoms with van der Waals surface area (Å²) in [5, 5.41) is 6.65. The molecule has 0 unspecified atom stereocenters. The molecular formula is C11H13N3O2. The number of ether oxygens (including phenoxy) is 1. The zero-order valence-electron chi connectivity index (χ0n) is 9.44. The molecule has 0 saturated carbocycles. The van der Waals surface area contributed by atoms with Crippen molar-refractivity contribution in [2.24, 2.45) is 0 Å². The molecule has 0 aliphatic heterocycles. The van der Waals surface area contributed by atoms with Crippen molar-refractivity contribution >= 4 is 6.01 Å². The van der Waals surface area contributed by atoms with Crippen molar-refractivity contribution in [2.45, 2.75) is 6.92 Å². The predicted octanol–water partition coefficient (Wildman–Crippen LogP) is 2.10. The maximum atomic E-state index is 5.28. The monoisotopic (exact) mass is 219 g/mol. The smallest absolute Gasteiger partial charge is 0.321 e. The van der Waals surface area contributed by atoms with Crippen molar-refractivity contribution in [3.8, 4) is 17.1 Å². The van der Waals surface area contributed by atoms with Gasteiger partial charge in [-0.05, 0) is 24.6 Å². The maximum absolute atomic E-state index is 5.28. The Kier molecular flexibility index (Phi) is 2.76. The molecule has 16 heavy (non-hydrogen) atoms. The Balaban J connectivity index is 2.46. The van der Waals surface area contributed by atoms with Crippen LogP contribution in [0.2, 0.25) is 0 Å². The second kappa shape index (κ2) is 4.22. The SMILES string of the molecule is CNc1nc(-c2ccc(C)cc2OC)no1. The minimum absolute atomic E-state index is 0.387. The molecule has 1 aromatic heterocycles. The van der Waals surface area contributed by atoms with Crippen LogP contribution in [0.25, 0.3) is 11.4 Å². The van der Waals surface area contributed by atoms with Gasteiger partial charge in [-0.3, -0.25) is 0 Å². The van der Waals surface area contributed by atoms with Gasteiger partial charge in [-0.15, -0.1) is 0 Å². The first-order valence-electron chi connectivity index (χ1n) is 4.91. The number of rotatable bonds is 3. The summed E-state index contributed by atoms with van der Waals surface area (Å²) in [6, 6.07) is 6.22. The number of hydrogen-bond acceptors (Lipinski definition) is 5. The van der Waals surface area contributed by atoms with Crippen molar-refractivity contribution in [1.29, 1.82) is 0 Å². The van der Waals surface area contributed by atoms with E-state index in [4.69, 9.17) is 9.26 Å². The van der Waals surface area contributed by atoms with Crippen LogP contribution in [0.4, 0.5) is 6.01 Å². The van der Waals surface area contributed by atoms with Crippen LogP contribution in [0.3, 0.4) is 0 Å². The van der Waals surface area contributed by atoms with Crippen LogP contribution < -0.4 is 10.1 Å². The molecule has 2 rings (SSSR count). The van der Waals surface area contributed by atoms with Crippen molar-refractivity contribution < 1.29 is 9.26 Å². The average Bonchev–Trinajstić information content (AvgIpc) is 2.77. The summed E-state index contributed by atoms with van der Waals surface area (Å²) in [5.41, 5.74) is 1.94. The van der Waals surface area contributed by atoms with E-state index >= 15 is 0 Å². The summed E-state index contributed by atoms with van der Waals surface area (Å²) in [6.07, 6.45) is 0. The number of methoxy groups -OCH3 is 1. The molecule has 5 nitrogen and oxygen atoms in total. The quantitative estimate of drug-likeness (QED) is 0.856. The van der Waals surface area contributed by atoms with Crippen molar-refractivity contribution in [2.75, 3.05) is 19.5 Å². The normalized spacial score (nSPS) is 10.2. The van der Waals surface area contributed by atoms with E-state index in [9.17, 15) is 0 Å². The molecule has 0 aliphatic rings. The van der Waals surface area contributed by atoms with Gasteiger partial charge in [-0.25, -0.2) is 0 Å². The fourth-order valence-electron chi connectivity index (χ4n) is 1.42. The van der Waals surface area contributed by atoms with Gasteiger partial charge in [0.05, 0.1) is 12.7 Å². The zero-order valence-corrected chi connectivity index (χ0v) is 9.44. The lowest BCUT2D eigenvalue weighted by Gasteiger charge is -2.05. The minimum Gasteiger partial charge on any atom is -0.496 e. The third-order valence-electron chi connectivity index (χ3n) is 2.24. The van der Waals surface area contributed by atoms with Crippen LogP contribution in [0, 0.1) is 6.92 Å². The number of nitrogens with zero attached hydrogens (tertiary/aromatic N) is 2. The van der Waals surface area contributed by atoms with Gasteiger partial charge < -0.3 is 14.6 Å². The number of anilines is 1. The third kappa shape index (κ3) is 1.84. The first kappa shape index (κ1) is 10.5. The Hall–Kier alpha value is -2.04. The summed E-state index contributed by atoms with van der Waals surface area (Å²) in [7, 11) is 3.35. The van der Waals surface area contributed by atoms with Gasteiger partial charge in [-0.1, -0.05) is 11.2 Å². The van der Waals surface area contributed by atoms with Crippen LogP contribution in [0.15, 0.2) is 22.7 Å². The van der Waals surface area contributed by atoms with Crippen molar-refractivity contribution in [3.05, 3.63) is 23.8 Å². The summed E-state index contributed by atoms with van der Waals surface area (Å²) in [4.78, 5) is 4.17. The predicted molar refractivity (Wildman–Crippen MR) is 60.6 cm³/mol. The Labute approximate surface area is 93.4 Å². The van der Waals surface area contributed by atoms with E-state index < -0.39 is 0 Å². The number of aromatic nitrogens is 2. The minimum atomic E-state index is 0.387. The van der Waals surface area contributed by atoms with E-state index in [2.05, 4.69) is 15.5 Å². The lowest BCUT2D eigenvalue weighted by Crippen LogP contribution is -1.91. The Morgan fingerprint density at radius 3 is 2.81 bits per heavy atom. The molecule has 0 spiro atoms. The lowest BCUT2D eigenvalue weighted by molar-refractivity contribution is 0.413. The molecule has 5 heteroatoms. The average molecular weight is 219 g/mol. The molecule has 0 aliphatic carbocycles. The Morgan fingerprint density at radius 2 is 2.19 bits per heavy atom. The van der Waals surface area contributed by atoms with Gasteiger partial charge in [0.15, 0.2) is 0 Å². The fourth-order valence-corrected chi connectivity index (χ4v) is 1.42. The summed E-state index contributed by atoms with van der Waals surface area (Å²) < 4.78 is 10.3. The highest BCUT2D eigenvalue weighted by Crippen LogP contribution is 2.29. The van der Waals surface area contributed by atoms with E-state index in [-0.39, 0.29) is 0 Å². The molecule has 1 aromatic carbocycles. The molecule has 1 heterocycles. The van der Waals surface area contributed by atoms with Gasteiger partial charge in [0.1, 0.15) is 5.75 Å². The molecule has 0 fully saturated rings. The van der Waals surface area contributed by atoms with E-state index in [1.54, 1.807) is 14.2 Å². The Morgan fingerprint density at radius 1 is 1.38 bits per heavy atom. The molecule has 0 bridgehead atoms. The number of nitrogens with one attached hydrogen (secondary N) is 1. The molecular weight excluding hydrogens is 206 g/mol. The third-order valence-corrected chi connectivity index (χ3v) is 2.24. The van der Waals surface area contributed by atoms with Crippen LogP contribution in [0.1, 0.15) is 5.56 Å². The topological polar surface area (TPSA) is 60.2 Å². The standard InChI is InChI=1S/C11H13N3O2/c1-7-4-5-8(9(6-7)15-3)10-13-11(12-2)16-14-10/h4-6H,1-3H3,(H,12,13,14). The molecule has 0 saturated heterocycles. The number of hydrogen-bond donors (Lipinski definition) is 1. The van der Waals surface area contributed by atoms with E-state index in [0.29, 0.717) is 11.8 Å². The molecule has 0 radical (unpaired) electrons. The largest absolute Gasteiger partial charge is 0.496 e. The Bertz CT molecular complexity index is 494. The van der Waals surface area contributed by atoms with Gasteiger partial charge in [0.2, 0.25) is 5.82 Å².